The molecule has 0 amide bonds. The van der Waals surface area contributed by atoms with Crippen molar-refractivity contribution in [1.29, 1.82) is 5.26 Å². The molecule has 0 spiro atoms. The van der Waals surface area contributed by atoms with E-state index in [1.807, 2.05) is 35.7 Å². The monoisotopic (exact) mass is 348 g/mol. The van der Waals surface area contributed by atoms with Gasteiger partial charge in [-0.3, -0.25) is 10.1 Å². The quantitative estimate of drug-likeness (QED) is 0.410. The van der Waals surface area contributed by atoms with Gasteiger partial charge in [-0.25, -0.2) is 4.98 Å². The van der Waals surface area contributed by atoms with E-state index in [-0.39, 0.29) is 5.69 Å². The minimum atomic E-state index is -0.442. The van der Waals surface area contributed by atoms with Gasteiger partial charge in [0, 0.05) is 35.0 Å². The van der Waals surface area contributed by atoms with Crippen LogP contribution in [0.15, 0.2) is 66.2 Å². The molecule has 0 bridgehead atoms. The van der Waals surface area contributed by atoms with Gasteiger partial charge in [0.2, 0.25) is 0 Å². The first-order chi connectivity index (χ1) is 12.2. The van der Waals surface area contributed by atoms with E-state index in [2.05, 4.69) is 16.4 Å². The summed E-state index contributed by atoms with van der Waals surface area (Å²) < 4.78 is 0. The largest absolute Gasteiger partial charge is 0.360 e. The van der Waals surface area contributed by atoms with Gasteiger partial charge in [0.15, 0.2) is 0 Å². The normalized spacial score (nSPS) is 10.9. The number of nitrogens with one attached hydrogen (secondary N) is 1. The molecule has 3 rings (SSSR count). The molecule has 25 heavy (non-hydrogen) atoms. The van der Waals surface area contributed by atoms with E-state index in [0.29, 0.717) is 16.3 Å². The lowest BCUT2D eigenvalue weighted by Gasteiger charge is -2.00. The number of non-ortho nitro benzene ring substituents is 1. The number of rotatable bonds is 5. The summed E-state index contributed by atoms with van der Waals surface area (Å²) in [4.78, 5) is 14.7. The molecule has 0 aliphatic rings. The highest BCUT2D eigenvalue weighted by Gasteiger charge is 2.10. The Morgan fingerprint density at radius 3 is 2.56 bits per heavy atom. The second-order valence-electron chi connectivity index (χ2n) is 5.02. The molecule has 0 aliphatic carbocycles. The number of benzene rings is 2. The molecule has 0 saturated heterocycles. The van der Waals surface area contributed by atoms with Gasteiger partial charge in [-0.2, -0.15) is 5.26 Å². The van der Waals surface area contributed by atoms with Crippen molar-refractivity contribution in [2.45, 2.75) is 0 Å². The van der Waals surface area contributed by atoms with Crippen LogP contribution in [0.3, 0.4) is 0 Å². The fourth-order valence-corrected chi connectivity index (χ4v) is 2.91. The van der Waals surface area contributed by atoms with E-state index in [4.69, 9.17) is 0 Å². The van der Waals surface area contributed by atoms with Gasteiger partial charge >= 0.3 is 0 Å². The van der Waals surface area contributed by atoms with Crippen LogP contribution in [-0.4, -0.2) is 9.91 Å². The molecule has 0 saturated carbocycles. The standard InChI is InChI=1S/C18H12N4O2S/c19-10-14(11-20-15-4-2-1-3-5-15)18-21-17(12-25-18)13-6-8-16(9-7-13)22(23)24/h1-9,11-12,20H/b14-11+. The SMILES string of the molecule is N#C/C(=C\Nc1ccccc1)c1nc(-c2ccc([N+](=O)[O-])cc2)cs1. The third-order valence-electron chi connectivity index (χ3n) is 3.39. The Hall–Kier alpha value is -3.50. The molecule has 122 valence electrons. The van der Waals surface area contributed by atoms with Crippen molar-refractivity contribution in [3.8, 4) is 17.3 Å². The zero-order chi connectivity index (χ0) is 17.6. The Morgan fingerprint density at radius 1 is 1.20 bits per heavy atom. The first kappa shape index (κ1) is 16.4. The molecule has 0 atom stereocenters. The van der Waals surface area contributed by atoms with Crippen LogP contribution in [0.4, 0.5) is 11.4 Å². The molecule has 0 unspecified atom stereocenters. The van der Waals surface area contributed by atoms with Gasteiger partial charge < -0.3 is 5.32 Å². The number of nitro groups is 1. The average Bonchev–Trinajstić information content (AvgIpc) is 3.13. The number of hydrogen-bond acceptors (Lipinski definition) is 6. The molecule has 0 aliphatic heterocycles. The van der Waals surface area contributed by atoms with Crippen molar-refractivity contribution in [3.63, 3.8) is 0 Å². The van der Waals surface area contributed by atoms with Crippen LogP contribution in [0.25, 0.3) is 16.8 Å². The summed E-state index contributed by atoms with van der Waals surface area (Å²) in [5.41, 5.74) is 2.77. The highest BCUT2D eigenvalue weighted by Crippen LogP contribution is 2.27. The number of allylic oxidation sites excluding steroid dienone is 1. The lowest BCUT2D eigenvalue weighted by molar-refractivity contribution is -0.384. The van der Waals surface area contributed by atoms with E-state index < -0.39 is 4.92 Å². The van der Waals surface area contributed by atoms with Gasteiger partial charge in [0.25, 0.3) is 5.69 Å². The molecular formula is C18H12N4O2S. The zero-order valence-corrected chi connectivity index (χ0v) is 13.7. The molecule has 7 heteroatoms. The molecule has 6 nitrogen and oxygen atoms in total. The van der Waals surface area contributed by atoms with Crippen LogP contribution in [0.1, 0.15) is 5.01 Å². The van der Waals surface area contributed by atoms with Gasteiger partial charge in [-0.05, 0) is 24.3 Å². The number of anilines is 1. The lowest BCUT2D eigenvalue weighted by atomic mass is 10.1. The van der Waals surface area contributed by atoms with Gasteiger partial charge in [0.05, 0.1) is 10.6 Å². The maximum absolute atomic E-state index is 10.7. The van der Waals surface area contributed by atoms with Crippen LogP contribution in [0, 0.1) is 21.4 Å². The minimum absolute atomic E-state index is 0.0314. The summed E-state index contributed by atoms with van der Waals surface area (Å²) in [6.07, 6.45) is 1.62. The van der Waals surface area contributed by atoms with E-state index in [9.17, 15) is 15.4 Å². The summed E-state index contributed by atoms with van der Waals surface area (Å²) in [6, 6.07) is 17.8. The fourth-order valence-electron chi connectivity index (χ4n) is 2.12. The fraction of sp³-hybridized carbons (Fsp3) is 0. The minimum Gasteiger partial charge on any atom is -0.360 e. The third kappa shape index (κ3) is 3.88. The second kappa shape index (κ2) is 7.38. The molecule has 1 N–H and O–H groups in total. The Morgan fingerprint density at radius 2 is 1.92 bits per heavy atom. The number of aromatic nitrogens is 1. The molecule has 1 aromatic heterocycles. The highest BCUT2D eigenvalue weighted by atomic mass is 32.1. The summed E-state index contributed by atoms with van der Waals surface area (Å²) in [5, 5.41) is 25.6. The Balaban J connectivity index is 1.81. The summed E-state index contributed by atoms with van der Waals surface area (Å²) >= 11 is 1.35. The van der Waals surface area contributed by atoms with Crippen molar-refractivity contribution in [2.75, 3.05) is 5.32 Å². The molecule has 0 radical (unpaired) electrons. The van der Waals surface area contributed by atoms with Gasteiger partial charge in [-0.1, -0.05) is 18.2 Å². The van der Waals surface area contributed by atoms with Crippen molar-refractivity contribution >= 4 is 28.3 Å². The number of thiazole rings is 1. The van der Waals surface area contributed by atoms with Crippen LogP contribution >= 0.6 is 11.3 Å². The highest BCUT2D eigenvalue weighted by molar-refractivity contribution is 7.11. The molecule has 3 aromatic rings. The first-order valence-corrected chi connectivity index (χ1v) is 8.18. The number of nitrogens with zero attached hydrogens (tertiary/aromatic N) is 3. The summed E-state index contributed by atoms with van der Waals surface area (Å²) in [6.45, 7) is 0. The van der Waals surface area contributed by atoms with Gasteiger partial charge in [0.1, 0.15) is 16.6 Å². The van der Waals surface area contributed by atoms with Crippen molar-refractivity contribution < 1.29 is 4.92 Å². The van der Waals surface area contributed by atoms with E-state index in [1.165, 1.54) is 23.5 Å². The van der Waals surface area contributed by atoms with Gasteiger partial charge in [-0.15, -0.1) is 11.3 Å². The predicted octanol–water partition coefficient (Wildman–Crippen LogP) is 4.69. The average molecular weight is 348 g/mol. The molecular weight excluding hydrogens is 336 g/mol. The van der Waals surface area contributed by atoms with E-state index in [0.717, 1.165) is 11.3 Å². The summed E-state index contributed by atoms with van der Waals surface area (Å²) in [7, 11) is 0. The van der Waals surface area contributed by atoms with Crippen molar-refractivity contribution in [1.82, 2.24) is 4.98 Å². The number of nitriles is 1. The third-order valence-corrected chi connectivity index (χ3v) is 4.26. The van der Waals surface area contributed by atoms with Crippen LogP contribution in [-0.2, 0) is 0 Å². The Kier molecular flexibility index (Phi) is 4.83. The number of hydrogen-bond donors (Lipinski definition) is 1. The first-order valence-electron chi connectivity index (χ1n) is 7.30. The van der Waals surface area contributed by atoms with E-state index >= 15 is 0 Å². The number of para-hydroxylation sites is 1. The molecule has 2 aromatic carbocycles. The lowest BCUT2D eigenvalue weighted by Crippen LogP contribution is -1.90. The van der Waals surface area contributed by atoms with Crippen molar-refractivity contribution in [2.24, 2.45) is 0 Å². The zero-order valence-electron chi connectivity index (χ0n) is 12.9. The second-order valence-corrected chi connectivity index (χ2v) is 5.88. The Bertz CT molecular complexity index is 957. The Labute approximate surface area is 147 Å². The topological polar surface area (TPSA) is 91.8 Å². The van der Waals surface area contributed by atoms with Crippen LogP contribution in [0.2, 0.25) is 0 Å². The van der Waals surface area contributed by atoms with Crippen LogP contribution in [0.5, 0.6) is 0 Å². The van der Waals surface area contributed by atoms with Crippen LogP contribution < -0.4 is 5.32 Å². The smallest absolute Gasteiger partial charge is 0.269 e. The molecule has 1 heterocycles. The van der Waals surface area contributed by atoms with E-state index in [1.54, 1.807) is 18.3 Å². The number of nitro benzene ring substituents is 1. The van der Waals surface area contributed by atoms with Crippen molar-refractivity contribution in [3.05, 3.63) is 81.3 Å². The summed E-state index contributed by atoms with van der Waals surface area (Å²) in [5.74, 6) is 0. The predicted molar refractivity (Wildman–Crippen MR) is 97.9 cm³/mol. The maximum atomic E-state index is 10.7. The maximum Gasteiger partial charge on any atom is 0.269 e. The molecule has 0 fully saturated rings.